The highest BCUT2D eigenvalue weighted by Crippen LogP contribution is 2.18. The lowest BCUT2D eigenvalue weighted by molar-refractivity contribution is -0.121. The first kappa shape index (κ1) is 17.7. The van der Waals surface area contributed by atoms with Crippen molar-refractivity contribution in [1.29, 1.82) is 0 Å². The Balaban J connectivity index is 1.37. The molecule has 0 radical (unpaired) electrons. The maximum absolute atomic E-state index is 12.2. The molecule has 0 atom stereocenters. The van der Waals surface area contributed by atoms with Crippen LogP contribution >= 0.6 is 0 Å². The van der Waals surface area contributed by atoms with Crippen molar-refractivity contribution in [2.45, 2.75) is 39.8 Å². The molecule has 25 heavy (non-hydrogen) atoms. The van der Waals surface area contributed by atoms with Crippen LogP contribution in [0.5, 0.6) is 0 Å². The van der Waals surface area contributed by atoms with Gasteiger partial charge in [-0.1, -0.05) is 30.3 Å². The zero-order valence-corrected chi connectivity index (χ0v) is 15.2. The second-order valence-corrected chi connectivity index (χ2v) is 7.05. The van der Waals surface area contributed by atoms with Gasteiger partial charge in [-0.05, 0) is 51.3 Å². The number of aromatic nitrogens is 2. The van der Waals surface area contributed by atoms with E-state index in [9.17, 15) is 4.79 Å². The summed E-state index contributed by atoms with van der Waals surface area (Å²) in [6, 6.07) is 10.6. The van der Waals surface area contributed by atoms with Gasteiger partial charge in [0.05, 0.1) is 12.0 Å². The van der Waals surface area contributed by atoms with Crippen LogP contribution in [0.3, 0.4) is 0 Å². The molecular formula is C20H28N4O. The lowest BCUT2D eigenvalue weighted by Crippen LogP contribution is -2.39. The van der Waals surface area contributed by atoms with Gasteiger partial charge in [0.1, 0.15) is 6.54 Å². The monoisotopic (exact) mass is 340 g/mol. The van der Waals surface area contributed by atoms with E-state index in [0.29, 0.717) is 12.5 Å². The van der Waals surface area contributed by atoms with Crippen molar-refractivity contribution >= 4 is 5.91 Å². The van der Waals surface area contributed by atoms with Gasteiger partial charge in [-0.3, -0.25) is 9.69 Å². The number of carbonyl (C=O) groups excluding carboxylic acids is 1. The fourth-order valence-electron chi connectivity index (χ4n) is 3.36. The molecule has 1 aliphatic heterocycles. The maximum atomic E-state index is 12.2. The van der Waals surface area contributed by atoms with Crippen molar-refractivity contribution in [3.8, 4) is 0 Å². The Morgan fingerprint density at radius 3 is 2.56 bits per heavy atom. The summed E-state index contributed by atoms with van der Waals surface area (Å²) in [5.74, 6) is 0.661. The molecule has 5 heteroatoms. The number of aryl methyl sites for hydroxylation is 1. The molecule has 2 aromatic rings. The van der Waals surface area contributed by atoms with Gasteiger partial charge in [0.15, 0.2) is 0 Å². The Labute approximate surface area is 150 Å². The normalized spacial score (nSPS) is 16.1. The van der Waals surface area contributed by atoms with Crippen LogP contribution in [-0.2, 0) is 17.9 Å². The van der Waals surface area contributed by atoms with Gasteiger partial charge in [0.25, 0.3) is 0 Å². The van der Waals surface area contributed by atoms with Crippen LogP contribution in [0.15, 0.2) is 36.7 Å². The number of nitrogens with one attached hydrogen (secondary N) is 1. The van der Waals surface area contributed by atoms with E-state index in [1.54, 1.807) is 6.33 Å². The highest BCUT2D eigenvalue weighted by molar-refractivity contribution is 5.75. The van der Waals surface area contributed by atoms with E-state index in [1.165, 1.54) is 5.56 Å². The number of imidazole rings is 1. The molecule has 0 bridgehead atoms. The van der Waals surface area contributed by atoms with E-state index in [-0.39, 0.29) is 5.91 Å². The number of hydrogen-bond donors (Lipinski definition) is 1. The largest absolute Gasteiger partial charge is 0.354 e. The van der Waals surface area contributed by atoms with Gasteiger partial charge in [-0.25, -0.2) is 4.98 Å². The van der Waals surface area contributed by atoms with Crippen LogP contribution in [-0.4, -0.2) is 40.0 Å². The van der Waals surface area contributed by atoms with Gasteiger partial charge in [0, 0.05) is 18.8 Å². The molecule has 0 spiro atoms. The lowest BCUT2D eigenvalue weighted by atomic mass is 9.96. The van der Waals surface area contributed by atoms with Gasteiger partial charge in [0.2, 0.25) is 5.91 Å². The molecule has 3 rings (SSSR count). The predicted octanol–water partition coefficient (Wildman–Crippen LogP) is 2.53. The fraction of sp³-hybridized carbons (Fsp3) is 0.500. The summed E-state index contributed by atoms with van der Waals surface area (Å²) >= 11 is 0. The molecular weight excluding hydrogens is 312 g/mol. The summed E-state index contributed by atoms with van der Waals surface area (Å²) in [5, 5.41) is 3.10. The molecule has 0 unspecified atom stereocenters. The molecule has 0 aliphatic carbocycles. The lowest BCUT2D eigenvalue weighted by Gasteiger charge is -2.32. The minimum atomic E-state index is 0.0761. The summed E-state index contributed by atoms with van der Waals surface area (Å²) in [5.41, 5.74) is 3.42. The fourth-order valence-corrected chi connectivity index (χ4v) is 3.36. The Hall–Kier alpha value is -2.14. The highest BCUT2D eigenvalue weighted by atomic mass is 16.1. The number of benzene rings is 1. The molecule has 1 N–H and O–H groups in total. The molecule has 1 aromatic heterocycles. The van der Waals surface area contributed by atoms with E-state index in [1.807, 2.05) is 18.4 Å². The maximum Gasteiger partial charge on any atom is 0.239 e. The molecule has 1 saturated heterocycles. The second kappa shape index (κ2) is 8.30. The quantitative estimate of drug-likeness (QED) is 0.879. The van der Waals surface area contributed by atoms with Gasteiger partial charge in [-0.2, -0.15) is 0 Å². The third-order valence-electron chi connectivity index (χ3n) is 5.20. The SMILES string of the molecule is Cc1ncn(CC(=O)NCC2CCN(Cc3ccccc3)CC2)c1C. The average Bonchev–Trinajstić information content (AvgIpc) is 2.94. The number of amides is 1. The van der Waals surface area contributed by atoms with Crippen molar-refractivity contribution in [1.82, 2.24) is 19.8 Å². The first-order chi connectivity index (χ1) is 12.1. The van der Waals surface area contributed by atoms with E-state index in [4.69, 9.17) is 0 Å². The molecule has 1 aliphatic rings. The summed E-state index contributed by atoms with van der Waals surface area (Å²) in [4.78, 5) is 18.9. The number of hydrogen-bond acceptors (Lipinski definition) is 3. The van der Waals surface area contributed by atoms with Crippen molar-refractivity contribution < 1.29 is 4.79 Å². The predicted molar refractivity (Wildman–Crippen MR) is 99.2 cm³/mol. The minimum Gasteiger partial charge on any atom is -0.354 e. The average molecular weight is 340 g/mol. The van der Waals surface area contributed by atoms with E-state index < -0.39 is 0 Å². The molecule has 1 aromatic carbocycles. The molecule has 1 fully saturated rings. The number of piperidine rings is 1. The van der Waals surface area contributed by atoms with Gasteiger partial charge >= 0.3 is 0 Å². The highest BCUT2D eigenvalue weighted by Gasteiger charge is 2.19. The standard InChI is InChI=1S/C20H28N4O/c1-16-17(2)24(15-22-16)14-20(25)21-12-18-8-10-23(11-9-18)13-19-6-4-3-5-7-19/h3-7,15,18H,8-14H2,1-2H3,(H,21,25). The topological polar surface area (TPSA) is 50.2 Å². The Bertz CT molecular complexity index is 687. The summed E-state index contributed by atoms with van der Waals surface area (Å²) in [6.45, 7) is 8.35. The van der Waals surface area contributed by atoms with Gasteiger partial charge < -0.3 is 9.88 Å². The van der Waals surface area contributed by atoms with E-state index >= 15 is 0 Å². The summed E-state index contributed by atoms with van der Waals surface area (Å²) in [7, 11) is 0. The van der Waals surface area contributed by atoms with Gasteiger partial charge in [-0.15, -0.1) is 0 Å². The zero-order valence-electron chi connectivity index (χ0n) is 15.2. The minimum absolute atomic E-state index is 0.0761. The summed E-state index contributed by atoms with van der Waals surface area (Å²) < 4.78 is 1.91. The number of likely N-dealkylation sites (tertiary alicyclic amines) is 1. The molecule has 5 nitrogen and oxygen atoms in total. The van der Waals surface area contributed by atoms with Crippen molar-refractivity contribution in [3.05, 3.63) is 53.6 Å². The van der Waals surface area contributed by atoms with Crippen LogP contribution < -0.4 is 5.32 Å². The van der Waals surface area contributed by atoms with E-state index in [2.05, 4.69) is 45.5 Å². The first-order valence-electron chi connectivity index (χ1n) is 9.13. The molecule has 0 saturated carbocycles. The Kier molecular flexibility index (Phi) is 5.87. The number of carbonyl (C=O) groups is 1. The number of nitrogens with zero attached hydrogens (tertiary/aromatic N) is 3. The summed E-state index contributed by atoms with van der Waals surface area (Å²) in [6.07, 6.45) is 4.04. The Morgan fingerprint density at radius 2 is 1.92 bits per heavy atom. The van der Waals surface area contributed by atoms with Crippen LogP contribution in [0.2, 0.25) is 0 Å². The zero-order chi connectivity index (χ0) is 17.6. The van der Waals surface area contributed by atoms with Crippen LogP contribution in [0.4, 0.5) is 0 Å². The number of rotatable bonds is 6. The molecule has 134 valence electrons. The third-order valence-corrected chi connectivity index (χ3v) is 5.20. The second-order valence-electron chi connectivity index (χ2n) is 7.05. The third kappa shape index (κ3) is 4.92. The smallest absolute Gasteiger partial charge is 0.239 e. The molecule has 1 amide bonds. The van der Waals surface area contributed by atoms with Crippen LogP contribution in [0.25, 0.3) is 0 Å². The van der Waals surface area contributed by atoms with Crippen molar-refractivity contribution in [3.63, 3.8) is 0 Å². The molecule has 2 heterocycles. The van der Waals surface area contributed by atoms with Crippen molar-refractivity contribution in [2.24, 2.45) is 5.92 Å². The Morgan fingerprint density at radius 1 is 1.20 bits per heavy atom. The first-order valence-corrected chi connectivity index (χ1v) is 9.13. The van der Waals surface area contributed by atoms with E-state index in [0.717, 1.165) is 50.4 Å². The van der Waals surface area contributed by atoms with Crippen molar-refractivity contribution in [2.75, 3.05) is 19.6 Å². The van der Waals surface area contributed by atoms with Crippen LogP contribution in [0.1, 0.15) is 29.8 Å². The van der Waals surface area contributed by atoms with Crippen LogP contribution in [0, 0.1) is 19.8 Å².